The van der Waals surface area contributed by atoms with Gasteiger partial charge in [0.2, 0.25) is 5.91 Å². The molecule has 36 heavy (non-hydrogen) atoms. The number of hydrogen-bond acceptors (Lipinski definition) is 5. The average Bonchev–Trinajstić information content (AvgIpc) is 3.07. The standard InChI is InChI=1S/C25H16Br2ClFN2O4S/c26-18-8-14(9-19(27)23(18)35-13-15-4-1-2-7-20(15)28)10-21-24(33)31(25(34)36-21)12-22(32)30-17-6-3-5-16(29)11-17/h1-11H,12-13H2,(H,30,32)/b21-10+. The van der Waals surface area contributed by atoms with Crippen molar-refractivity contribution in [2.75, 3.05) is 11.9 Å². The maximum absolute atomic E-state index is 13.3. The lowest BCUT2D eigenvalue weighted by atomic mass is 10.2. The highest BCUT2D eigenvalue weighted by atomic mass is 79.9. The van der Waals surface area contributed by atoms with Gasteiger partial charge in [-0.15, -0.1) is 0 Å². The van der Waals surface area contributed by atoms with Gasteiger partial charge in [-0.1, -0.05) is 35.9 Å². The Kier molecular flexibility index (Phi) is 8.50. The lowest BCUT2D eigenvalue weighted by Crippen LogP contribution is -2.36. The number of imide groups is 1. The van der Waals surface area contributed by atoms with E-state index in [0.29, 0.717) is 25.3 Å². The lowest BCUT2D eigenvalue weighted by molar-refractivity contribution is -0.127. The van der Waals surface area contributed by atoms with Gasteiger partial charge in [-0.2, -0.15) is 0 Å². The second kappa shape index (κ2) is 11.6. The maximum atomic E-state index is 13.3. The van der Waals surface area contributed by atoms with E-state index in [0.717, 1.165) is 28.3 Å². The second-order valence-corrected chi connectivity index (χ2v) is 10.6. The molecular formula is C25H16Br2ClFN2O4S. The predicted octanol–water partition coefficient (Wildman–Crippen LogP) is 7.26. The van der Waals surface area contributed by atoms with Crippen molar-refractivity contribution < 1.29 is 23.5 Å². The number of hydrogen-bond donors (Lipinski definition) is 1. The van der Waals surface area contributed by atoms with E-state index >= 15 is 0 Å². The monoisotopic (exact) mass is 652 g/mol. The van der Waals surface area contributed by atoms with Crippen LogP contribution in [0.1, 0.15) is 11.1 Å². The molecule has 0 radical (unpaired) electrons. The van der Waals surface area contributed by atoms with Crippen LogP contribution in [0.15, 0.2) is 74.5 Å². The Labute approximate surface area is 232 Å². The van der Waals surface area contributed by atoms with Crippen LogP contribution < -0.4 is 10.1 Å². The first-order valence-corrected chi connectivity index (χ1v) is 13.2. The fourth-order valence-electron chi connectivity index (χ4n) is 3.26. The van der Waals surface area contributed by atoms with Crippen LogP contribution in [0.25, 0.3) is 6.08 Å². The molecule has 3 amide bonds. The van der Waals surface area contributed by atoms with Gasteiger partial charge in [0.1, 0.15) is 24.7 Å². The first-order valence-electron chi connectivity index (χ1n) is 10.4. The molecular weight excluding hydrogens is 639 g/mol. The molecule has 0 bridgehead atoms. The number of benzene rings is 3. The van der Waals surface area contributed by atoms with Gasteiger partial charge in [0.25, 0.3) is 11.1 Å². The minimum Gasteiger partial charge on any atom is -0.486 e. The molecule has 11 heteroatoms. The van der Waals surface area contributed by atoms with Gasteiger partial charge in [0, 0.05) is 16.3 Å². The molecule has 0 spiro atoms. The van der Waals surface area contributed by atoms with Crippen LogP contribution in [0.4, 0.5) is 14.9 Å². The Bertz CT molecular complexity index is 1380. The Hall–Kier alpha value is -2.66. The average molecular weight is 655 g/mol. The van der Waals surface area contributed by atoms with E-state index in [2.05, 4.69) is 37.2 Å². The van der Waals surface area contributed by atoms with Crippen molar-refractivity contribution in [3.63, 3.8) is 0 Å². The SMILES string of the molecule is O=C(CN1C(=O)S/C(=C/c2cc(Br)c(OCc3ccccc3Cl)c(Br)c2)C1=O)Nc1cccc(F)c1. The molecule has 0 atom stereocenters. The van der Waals surface area contributed by atoms with Gasteiger partial charge in [-0.25, -0.2) is 4.39 Å². The highest BCUT2D eigenvalue weighted by Gasteiger charge is 2.36. The fraction of sp³-hybridized carbons (Fsp3) is 0.0800. The predicted molar refractivity (Wildman–Crippen MR) is 145 cm³/mol. The Morgan fingerprint density at radius 2 is 1.81 bits per heavy atom. The summed E-state index contributed by atoms with van der Waals surface area (Å²) in [5.41, 5.74) is 1.69. The third-order valence-corrected chi connectivity index (χ3v) is 7.39. The molecule has 0 aliphatic carbocycles. The summed E-state index contributed by atoms with van der Waals surface area (Å²) in [4.78, 5) is 38.5. The molecule has 0 unspecified atom stereocenters. The van der Waals surface area contributed by atoms with Crippen molar-refractivity contribution in [2.45, 2.75) is 6.61 Å². The number of thioether (sulfide) groups is 1. The van der Waals surface area contributed by atoms with Gasteiger partial charge >= 0.3 is 0 Å². The zero-order valence-corrected chi connectivity index (χ0v) is 23.0. The van der Waals surface area contributed by atoms with Gasteiger partial charge < -0.3 is 10.1 Å². The molecule has 6 nitrogen and oxygen atoms in total. The van der Waals surface area contributed by atoms with Crippen LogP contribution in [0.5, 0.6) is 5.75 Å². The van der Waals surface area contributed by atoms with E-state index in [-0.39, 0.29) is 17.2 Å². The lowest BCUT2D eigenvalue weighted by Gasteiger charge is -2.13. The third kappa shape index (κ3) is 6.36. The first-order chi connectivity index (χ1) is 17.2. The van der Waals surface area contributed by atoms with Crippen molar-refractivity contribution in [3.05, 3.63) is 96.5 Å². The van der Waals surface area contributed by atoms with Crippen molar-refractivity contribution in [3.8, 4) is 5.75 Å². The van der Waals surface area contributed by atoms with E-state index in [9.17, 15) is 18.8 Å². The maximum Gasteiger partial charge on any atom is 0.294 e. The van der Waals surface area contributed by atoms with Crippen molar-refractivity contribution in [1.29, 1.82) is 0 Å². The highest BCUT2D eigenvalue weighted by Crippen LogP contribution is 2.38. The molecule has 0 aromatic heterocycles. The summed E-state index contributed by atoms with van der Waals surface area (Å²) in [5, 5.41) is 2.50. The molecule has 184 valence electrons. The molecule has 1 aliphatic heterocycles. The number of halogens is 4. The summed E-state index contributed by atoms with van der Waals surface area (Å²) < 4.78 is 20.5. The molecule has 1 N–H and O–H groups in total. The van der Waals surface area contributed by atoms with Gasteiger partial charge in [0.05, 0.1) is 13.9 Å². The van der Waals surface area contributed by atoms with Gasteiger partial charge in [0.15, 0.2) is 0 Å². The van der Waals surface area contributed by atoms with Crippen molar-refractivity contribution >= 4 is 84.0 Å². The van der Waals surface area contributed by atoms with Crippen LogP contribution in [0.2, 0.25) is 5.02 Å². The Morgan fingerprint density at radius 1 is 1.08 bits per heavy atom. The second-order valence-electron chi connectivity index (χ2n) is 7.52. The topological polar surface area (TPSA) is 75.7 Å². The number of carbonyl (C=O) groups excluding carboxylic acids is 3. The van der Waals surface area contributed by atoms with E-state index in [1.54, 1.807) is 24.3 Å². The fourth-order valence-corrected chi connectivity index (χ4v) is 5.74. The van der Waals surface area contributed by atoms with E-state index in [1.165, 1.54) is 18.2 Å². The number of anilines is 1. The molecule has 4 rings (SSSR count). The molecule has 1 aliphatic rings. The first kappa shape index (κ1) is 26.4. The zero-order valence-electron chi connectivity index (χ0n) is 18.3. The number of carbonyl (C=O) groups is 3. The zero-order chi connectivity index (χ0) is 25.8. The molecule has 1 heterocycles. The van der Waals surface area contributed by atoms with Crippen LogP contribution in [-0.4, -0.2) is 28.5 Å². The minimum absolute atomic E-state index is 0.169. The quantitative estimate of drug-likeness (QED) is 0.272. The third-order valence-electron chi connectivity index (χ3n) is 4.93. The number of amides is 3. The van der Waals surface area contributed by atoms with E-state index in [1.807, 2.05) is 18.2 Å². The summed E-state index contributed by atoms with van der Waals surface area (Å²) in [5.74, 6) is -1.17. The molecule has 1 fully saturated rings. The number of rotatable bonds is 7. The van der Waals surface area contributed by atoms with Crippen LogP contribution >= 0.6 is 55.2 Å². The largest absolute Gasteiger partial charge is 0.486 e. The molecule has 1 saturated heterocycles. The van der Waals surface area contributed by atoms with Crippen LogP contribution in [0.3, 0.4) is 0 Å². The summed E-state index contributed by atoms with van der Waals surface area (Å²) >= 11 is 13.9. The van der Waals surface area contributed by atoms with Gasteiger partial charge in [-0.3, -0.25) is 19.3 Å². The van der Waals surface area contributed by atoms with Crippen molar-refractivity contribution in [1.82, 2.24) is 4.90 Å². The summed E-state index contributed by atoms with van der Waals surface area (Å²) in [6, 6.07) is 16.2. The van der Waals surface area contributed by atoms with Crippen LogP contribution in [0, 0.1) is 5.82 Å². The van der Waals surface area contributed by atoms with Gasteiger partial charge in [-0.05, 0) is 91.7 Å². The Balaban J connectivity index is 1.44. The van der Waals surface area contributed by atoms with Crippen LogP contribution in [-0.2, 0) is 16.2 Å². The molecule has 3 aromatic carbocycles. The summed E-state index contributed by atoms with van der Waals surface area (Å²) in [6.07, 6.45) is 1.56. The Morgan fingerprint density at radius 3 is 2.50 bits per heavy atom. The summed E-state index contributed by atoms with van der Waals surface area (Å²) in [7, 11) is 0. The minimum atomic E-state index is -0.616. The number of ether oxygens (including phenoxy) is 1. The van der Waals surface area contributed by atoms with E-state index in [4.69, 9.17) is 16.3 Å². The molecule has 3 aromatic rings. The highest BCUT2D eigenvalue weighted by molar-refractivity contribution is 9.11. The number of nitrogens with one attached hydrogen (secondary N) is 1. The van der Waals surface area contributed by atoms with E-state index < -0.39 is 29.4 Å². The smallest absolute Gasteiger partial charge is 0.294 e. The summed E-state index contributed by atoms with van der Waals surface area (Å²) in [6.45, 7) is -0.229. The normalized spacial score (nSPS) is 14.4. The van der Waals surface area contributed by atoms with Crippen molar-refractivity contribution in [2.24, 2.45) is 0 Å². The molecule has 0 saturated carbocycles. The number of nitrogens with zero attached hydrogens (tertiary/aromatic N) is 1.